The molecule has 0 bridgehead atoms. The molecule has 4 N–H and O–H groups in total. The van der Waals surface area contributed by atoms with Crippen LogP contribution in [0.15, 0.2) is 23.5 Å². The van der Waals surface area contributed by atoms with Crippen LogP contribution in [0.4, 0.5) is 13.2 Å². The van der Waals surface area contributed by atoms with Gasteiger partial charge in [0.15, 0.2) is 0 Å². The molecule has 0 spiro atoms. The third-order valence-corrected chi connectivity index (χ3v) is 2.82. The number of amides is 1. The fourth-order valence-electron chi connectivity index (χ4n) is 1.31. The topological polar surface area (TPSA) is 101 Å². The summed E-state index contributed by atoms with van der Waals surface area (Å²) in [5.41, 5.74) is 3.55. The molecule has 0 aromatic carbocycles. The molecule has 21 heavy (non-hydrogen) atoms. The highest BCUT2D eigenvalue weighted by Crippen LogP contribution is 2.28. The quantitative estimate of drug-likeness (QED) is 0.340. The Balaban J connectivity index is 2.73. The van der Waals surface area contributed by atoms with Crippen LogP contribution in [0.2, 0.25) is 0 Å². The molecule has 1 aromatic heterocycles. The molecule has 9 heteroatoms. The highest BCUT2D eigenvalue weighted by Gasteiger charge is 2.31. The molecular formula is C12H15F3N4O2. The number of carbonyl (C=O) groups is 1. The number of halogens is 3. The van der Waals surface area contributed by atoms with Crippen molar-refractivity contribution >= 4 is 11.7 Å². The highest BCUT2D eigenvalue weighted by molar-refractivity contribution is 5.93. The molecule has 0 unspecified atom stereocenters. The molecule has 1 rings (SSSR count). The Hall–Kier alpha value is -2.32. The summed E-state index contributed by atoms with van der Waals surface area (Å²) < 4.78 is 37.1. The number of carbonyl (C=O) groups excluding carboxylic acids is 1. The van der Waals surface area contributed by atoms with Crippen LogP contribution in [0.25, 0.3) is 0 Å². The van der Waals surface area contributed by atoms with Gasteiger partial charge in [-0.2, -0.15) is 13.2 Å². The Morgan fingerprint density at radius 3 is 2.48 bits per heavy atom. The normalized spacial score (nSPS) is 13.1. The Morgan fingerprint density at radius 1 is 1.43 bits per heavy atom. The fraction of sp³-hybridized carbons (Fsp3) is 0.417. The molecule has 1 heterocycles. The van der Waals surface area contributed by atoms with Crippen LogP contribution >= 0.6 is 0 Å². The van der Waals surface area contributed by atoms with Gasteiger partial charge in [0.05, 0.1) is 5.56 Å². The van der Waals surface area contributed by atoms with Crippen molar-refractivity contribution in [2.24, 2.45) is 16.3 Å². The standard InChI is InChI=1S/C12H15F3N4O2/c1-11(2,10(16)19-21)6-18-9(20)8-4-3-7(5-17-8)12(13,14)15/h3-5,21H,6H2,1-2H3,(H2,16,19)(H,18,20). The van der Waals surface area contributed by atoms with Crippen molar-refractivity contribution in [3.8, 4) is 0 Å². The summed E-state index contributed by atoms with van der Waals surface area (Å²) in [6.45, 7) is 3.29. The first-order valence-corrected chi connectivity index (χ1v) is 5.87. The molecule has 6 nitrogen and oxygen atoms in total. The van der Waals surface area contributed by atoms with E-state index < -0.39 is 23.1 Å². The monoisotopic (exact) mass is 304 g/mol. The summed E-state index contributed by atoms with van der Waals surface area (Å²) in [5.74, 6) is -0.731. The van der Waals surface area contributed by atoms with Gasteiger partial charge < -0.3 is 16.3 Å². The van der Waals surface area contributed by atoms with Crippen molar-refractivity contribution in [3.05, 3.63) is 29.6 Å². The summed E-state index contributed by atoms with van der Waals surface area (Å²) >= 11 is 0. The van der Waals surface area contributed by atoms with E-state index in [0.29, 0.717) is 6.20 Å². The SMILES string of the molecule is CC(C)(CNC(=O)c1ccc(C(F)(F)F)cn1)/C(N)=N/O. The van der Waals surface area contributed by atoms with Gasteiger partial charge in [-0.25, -0.2) is 0 Å². The lowest BCUT2D eigenvalue weighted by molar-refractivity contribution is -0.137. The highest BCUT2D eigenvalue weighted by atomic mass is 19.4. The number of oxime groups is 1. The molecule has 0 aliphatic heterocycles. The fourth-order valence-corrected chi connectivity index (χ4v) is 1.31. The molecule has 0 radical (unpaired) electrons. The molecule has 0 saturated carbocycles. The summed E-state index contributed by atoms with van der Waals surface area (Å²) in [6, 6.07) is 1.76. The largest absolute Gasteiger partial charge is 0.417 e. The van der Waals surface area contributed by atoms with Crippen molar-refractivity contribution in [2.45, 2.75) is 20.0 Å². The zero-order chi connectivity index (χ0) is 16.3. The number of hydrogen-bond donors (Lipinski definition) is 3. The number of nitrogens with zero attached hydrogens (tertiary/aromatic N) is 2. The van der Waals surface area contributed by atoms with Gasteiger partial charge in [-0.3, -0.25) is 9.78 Å². The Labute approximate surface area is 118 Å². The molecule has 1 amide bonds. The Kier molecular flexibility index (Phi) is 4.77. The third kappa shape index (κ3) is 4.33. The second-order valence-corrected chi connectivity index (χ2v) is 4.98. The second-order valence-electron chi connectivity index (χ2n) is 4.98. The first-order valence-electron chi connectivity index (χ1n) is 5.87. The van der Waals surface area contributed by atoms with Crippen LogP contribution in [0.3, 0.4) is 0 Å². The van der Waals surface area contributed by atoms with E-state index in [2.05, 4.69) is 15.5 Å². The lowest BCUT2D eigenvalue weighted by Gasteiger charge is -2.22. The molecule has 0 saturated heterocycles. The molecular weight excluding hydrogens is 289 g/mol. The molecule has 0 aliphatic rings. The minimum Gasteiger partial charge on any atom is -0.409 e. The molecule has 1 aromatic rings. The zero-order valence-electron chi connectivity index (χ0n) is 11.4. The van der Waals surface area contributed by atoms with E-state index in [-0.39, 0.29) is 18.1 Å². The van der Waals surface area contributed by atoms with Gasteiger partial charge in [-0.05, 0) is 12.1 Å². The van der Waals surface area contributed by atoms with E-state index in [1.807, 2.05) is 0 Å². The Morgan fingerprint density at radius 2 is 2.05 bits per heavy atom. The minimum atomic E-state index is -4.50. The average Bonchev–Trinajstić information content (AvgIpc) is 2.43. The Bertz CT molecular complexity index is 538. The van der Waals surface area contributed by atoms with E-state index in [0.717, 1.165) is 12.1 Å². The summed E-state index contributed by atoms with van der Waals surface area (Å²) in [6.07, 6.45) is -3.92. The lowest BCUT2D eigenvalue weighted by Crippen LogP contribution is -2.42. The minimum absolute atomic E-state index is 0.0322. The van der Waals surface area contributed by atoms with Crippen molar-refractivity contribution in [1.82, 2.24) is 10.3 Å². The van der Waals surface area contributed by atoms with Gasteiger partial charge in [0.25, 0.3) is 5.91 Å². The van der Waals surface area contributed by atoms with Crippen molar-refractivity contribution in [3.63, 3.8) is 0 Å². The number of nitrogens with two attached hydrogens (primary N) is 1. The third-order valence-electron chi connectivity index (χ3n) is 2.82. The maximum Gasteiger partial charge on any atom is 0.417 e. The first-order chi connectivity index (χ1) is 9.58. The number of amidine groups is 1. The van der Waals surface area contributed by atoms with Gasteiger partial charge in [0.2, 0.25) is 0 Å². The van der Waals surface area contributed by atoms with Gasteiger partial charge in [-0.15, -0.1) is 0 Å². The predicted octanol–water partition coefficient (Wildman–Crippen LogP) is 1.60. The maximum absolute atomic E-state index is 12.4. The first kappa shape index (κ1) is 16.7. The van der Waals surface area contributed by atoms with Crippen molar-refractivity contribution in [1.29, 1.82) is 0 Å². The van der Waals surface area contributed by atoms with Crippen LogP contribution in [-0.2, 0) is 6.18 Å². The molecule has 0 fully saturated rings. The number of hydrogen-bond acceptors (Lipinski definition) is 4. The summed E-state index contributed by atoms with van der Waals surface area (Å²) in [5, 5.41) is 13.9. The van der Waals surface area contributed by atoms with Gasteiger partial charge in [-0.1, -0.05) is 19.0 Å². The van der Waals surface area contributed by atoms with Gasteiger partial charge in [0.1, 0.15) is 11.5 Å². The van der Waals surface area contributed by atoms with Crippen LogP contribution in [0.5, 0.6) is 0 Å². The number of rotatable bonds is 4. The van der Waals surface area contributed by atoms with Crippen LogP contribution in [0, 0.1) is 5.41 Å². The maximum atomic E-state index is 12.4. The summed E-state index contributed by atoms with van der Waals surface area (Å²) in [4.78, 5) is 15.2. The average molecular weight is 304 g/mol. The van der Waals surface area contributed by atoms with E-state index in [4.69, 9.17) is 10.9 Å². The predicted molar refractivity (Wildman–Crippen MR) is 68.8 cm³/mol. The number of nitrogens with one attached hydrogen (secondary N) is 1. The van der Waals surface area contributed by atoms with E-state index in [1.54, 1.807) is 13.8 Å². The van der Waals surface area contributed by atoms with Crippen LogP contribution in [0.1, 0.15) is 29.9 Å². The molecule has 0 aliphatic carbocycles. The number of alkyl halides is 3. The van der Waals surface area contributed by atoms with E-state index in [1.165, 1.54) is 0 Å². The van der Waals surface area contributed by atoms with Crippen LogP contribution < -0.4 is 11.1 Å². The number of pyridine rings is 1. The van der Waals surface area contributed by atoms with Gasteiger partial charge >= 0.3 is 6.18 Å². The number of aromatic nitrogens is 1. The van der Waals surface area contributed by atoms with E-state index >= 15 is 0 Å². The molecule has 0 atom stereocenters. The molecule has 116 valence electrons. The lowest BCUT2D eigenvalue weighted by atomic mass is 9.92. The van der Waals surface area contributed by atoms with Crippen LogP contribution in [-0.4, -0.2) is 28.5 Å². The summed E-state index contributed by atoms with van der Waals surface area (Å²) in [7, 11) is 0. The van der Waals surface area contributed by atoms with Crippen molar-refractivity contribution < 1.29 is 23.2 Å². The smallest absolute Gasteiger partial charge is 0.409 e. The van der Waals surface area contributed by atoms with Crippen molar-refractivity contribution in [2.75, 3.05) is 6.54 Å². The zero-order valence-corrected chi connectivity index (χ0v) is 11.4. The second kappa shape index (κ2) is 5.98. The van der Waals surface area contributed by atoms with Gasteiger partial charge in [0, 0.05) is 18.2 Å². The van der Waals surface area contributed by atoms with E-state index in [9.17, 15) is 18.0 Å².